The van der Waals surface area contributed by atoms with Crippen LogP contribution in [0.4, 0.5) is 5.00 Å². The summed E-state index contributed by atoms with van der Waals surface area (Å²) < 4.78 is 3.98. The van der Waals surface area contributed by atoms with Crippen molar-refractivity contribution >= 4 is 40.2 Å². The Morgan fingerprint density at radius 3 is 2.67 bits per heavy atom. The minimum atomic E-state index is -1.09. The average Bonchev–Trinajstić information content (AvgIpc) is 2.80. The number of hydrogen-bond donors (Lipinski definition) is 2. The molecule has 0 unspecified atom stereocenters. The van der Waals surface area contributed by atoms with Gasteiger partial charge in [-0.15, -0.1) is 11.8 Å². The summed E-state index contributed by atoms with van der Waals surface area (Å²) in [4.78, 5) is 24.5. The van der Waals surface area contributed by atoms with Crippen LogP contribution in [-0.2, 0) is 0 Å². The first-order valence-corrected chi connectivity index (χ1v) is 8.09. The third-order valence-corrected chi connectivity index (χ3v) is 4.57. The van der Waals surface area contributed by atoms with Crippen molar-refractivity contribution in [2.45, 2.75) is 18.7 Å². The number of hydrogen-bond acceptors (Lipinski definition) is 5. The molecule has 5 nitrogen and oxygen atoms in total. The molecular formula is C14H14N2O3S2. The number of nitrogens with one attached hydrogen (secondary N) is 1. The molecule has 0 bridgehead atoms. The van der Waals surface area contributed by atoms with Gasteiger partial charge < -0.3 is 10.4 Å². The zero-order chi connectivity index (χ0) is 15.6. The zero-order valence-corrected chi connectivity index (χ0v) is 13.4. The Bertz CT molecular complexity index is 710. The molecule has 1 amide bonds. The summed E-state index contributed by atoms with van der Waals surface area (Å²) in [6.45, 7) is 3.45. The second kappa shape index (κ2) is 6.28. The van der Waals surface area contributed by atoms with Crippen LogP contribution in [0.2, 0.25) is 0 Å². The molecule has 1 aromatic heterocycles. The molecule has 0 radical (unpaired) electrons. The summed E-state index contributed by atoms with van der Waals surface area (Å²) in [6, 6.07) is 5.61. The third kappa shape index (κ3) is 3.25. The Balaban J connectivity index is 2.33. The van der Waals surface area contributed by atoms with Crippen molar-refractivity contribution in [3.8, 4) is 0 Å². The van der Waals surface area contributed by atoms with Gasteiger partial charge in [-0.2, -0.15) is 4.37 Å². The number of aromatic nitrogens is 1. The van der Waals surface area contributed by atoms with Gasteiger partial charge in [-0.3, -0.25) is 4.79 Å². The number of carbonyl (C=O) groups excluding carboxylic acids is 1. The fourth-order valence-corrected chi connectivity index (χ4v) is 3.07. The molecule has 0 spiro atoms. The van der Waals surface area contributed by atoms with Crippen molar-refractivity contribution in [3.05, 3.63) is 40.6 Å². The Morgan fingerprint density at radius 1 is 1.33 bits per heavy atom. The summed E-state index contributed by atoms with van der Waals surface area (Å²) in [7, 11) is 0. The number of anilines is 1. The fraction of sp³-hybridized carbons (Fsp3) is 0.214. The number of thioether (sulfide) groups is 1. The topological polar surface area (TPSA) is 79.3 Å². The highest BCUT2D eigenvalue weighted by Gasteiger charge is 2.20. The van der Waals surface area contributed by atoms with E-state index in [1.807, 2.05) is 25.3 Å². The van der Waals surface area contributed by atoms with E-state index in [1.165, 1.54) is 0 Å². The lowest BCUT2D eigenvalue weighted by atomic mass is 10.1. The average molecular weight is 322 g/mol. The van der Waals surface area contributed by atoms with Crippen molar-refractivity contribution in [1.29, 1.82) is 0 Å². The number of aryl methyl sites for hydroxylation is 2. The van der Waals surface area contributed by atoms with Gasteiger partial charge in [0.1, 0.15) is 10.6 Å². The van der Waals surface area contributed by atoms with E-state index in [0.717, 1.165) is 22.0 Å². The van der Waals surface area contributed by atoms with E-state index in [4.69, 9.17) is 5.11 Å². The Kier molecular flexibility index (Phi) is 4.64. The van der Waals surface area contributed by atoms with Crippen LogP contribution in [0.15, 0.2) is 23.1 Å². The monoisotopic (exact) mass is 322 g/mol. The van der Waals surface area contributed by atoms with Crippen LogP contribution in [0.3, 0.4) is 0 Å². The van der Waals surface area contributed by atoms with Gasteiger partial charge in [0, 0.05) is 10.5 Å². The lowest BCUT2D eigenvalue weighted by Gasteiger charge is -2.08. The maximum atomic E-state index is 12.4. The second-order valence-corrected chi connectivity index (χ2v) is 6.07. The molecule has 0 fully saturated rings. The van der Waals surface area contributed by atoms with Crippen LogP contribution < -0.4 is 5.32 Å². The molecule has 2 rings (SSSR count). The molecule has 0 saturated carbocycles. The number of amides is 1. The lowest BCUT2D eigenvalue weighted by Crippen LogP contribution is -2.15. The molecule has 110 valence electrons. The second-order valence-electron chi connectivity index (χ2n) is 4.41. The van der Waals surface area contributed by atoms with Crippen LogP contribution in [-0.4, -0.2) is 27.6 Å². The number of benzene rings is 1. The highest BCUT2D eigenvalue weighted by atomic mass is 32.2. The van der Waals surface area contributed by atoms with Gasteiger partial charge in [0.15, 0.2) is 0 Å². The number of aromatic carboxylic acids is 1. The van der Waals surface area contributed by atoms with Gasteiger partial charge >= 0.3 is 5.97 Å². The standard InChI is InChI=1S/C14H14N2O3S2/c1-7-4-5-9(20-3)6-10(7)12(17)15-13-11(14(18)19)8(2)16-21-13/h4-6H,1-3H3,(H,15,17)(H,18,19). The molecule has 0 aliphatic rings. The van der Waals surface area contributed by atoms with Gasteiger partial charge in [-0.05, 0) is 49.3 Å². The van der Waals surface area contributed by atoms with Crippen molar-refractivity contribution in [2.24, 2.45) is 0 Å². The smallest absolute Gasteiger partial charge is 0.340 e. The van der Waals surface area contributed by atoms with E-state index in [-0.39, 0.29) is 16.5 Å². The Hall–Kier alpha value is -1.86. The summed E-state index contributed by atoms with van der Waals surface area (Å²) in [5, 5.41) is 12.1. The molecule has 7 heteroatoms. The summed E-state index contributed by atoms with van der Waals surface area (Å²) in [6.07, 6.45) is 1.93. The lowest BCUT2D eigenvalue weighted by molar-refractivity contribution is 0.0697. The molecule has 0 aliphatic carbocycles. The first-order valence-electron chi connectivity index (χ1n) is 6.09. The maximum absolute atomic E-state index is 12.4. The van der Waals surface area contributed by atoms with E-state index in [1.54, 1.807) is 24.8 Å². The molecule has 21 heavy (non-hydrogen) atoms. The zero-order valence-electron chi connectivity index (χ0n) is 11.8. The largest absolute Gasteiger partial charge is 0.478 e. The first kappa shape index (κ1) is 15.5. The summed E-state index contributed by atoms with van der Waals surface area (Å²) >= 11 is 2.52. The van der Waals surface area contributed by atoms with Crippen molar-refractivity contribution in [3.63, 3.8) is 0 Å². The highest BCUT2D eigenvalue weighted by Crippen LogP contribution is 2.26. The van der Waals surface area contributed by atoms with E-state index in [2.05, 4.69) is 9.69 Å². The third-order valence-electron chi connectivity index (χ3n) is 2.99. The van der Waals surface area contributed by atoms with Crippen molar-refractivity contribution < 1.29 is 14.7 Å². The van der Waals surface area contributed by atoms with Gasteiger partial charge in [-0.1, -0.05) is 6.07 Å². The molecule has 0 atom stereocenters. The molecule has 1 heterocycles. The molecule has 0 saturated heterocycles. The fourth-order valence-electron chi connectivity index (χ4n) is 1.85. The van der Waals surface area contributed by atoms with Gasteiger partial charge in [0.05, 0.1) is 5.69 Å². The highest BCUT2D eigenvalue weighted by molar-refractivity contribution is 7.98. The van der Waals surface area contributed by atoms with Crippen LogP contribution in [0.25, 0.3) is 0 Å². The van der Waals surface area contributed by atoms with Crippen molar-refractivity contribution in [2.75, 3.05) is 11.6 Å². The number of carboxylic acids is 1. The number of rotatable bonds is 4. The van der Waals surface area contributed by atoms with Crippen LogP contribution >= 0.6 is 23.3 Å². The molecule has 0 aliphatic heterocycles. The molecule has 2 aromatic rings. The molecule has 1 aromatic carbocycles. The minimum Gasteiger partial charge on any atom is -0.478 e. The van der Waals surface area contributed by atoms with Crippen LogP contribution in [0, 0.1) is 13.8 Å². The quantitative estimate of drug-likeness (QED) is 0.843. The van der Waals surface area contributed by atoms with Gasteiger partial charge in [0.25, 0.3) is 5.91 Å². The van der Waals surface area contributed by atoms with E-state index >= 15 is 0 Å². The van der Waals surface area contributed by atoms with E-state index in [0.29, 0.717) is 11.3 Å². The number of carbonyl (C=O) groups is 2. The number of carboxylic acid groups (broad SMARTS) is 1. The molecule has 2 N–H and O–H groups in total. The summed E-state index contributed by atoms with van der Waals surface area (Å²) in [5.41, 5.74) is 1.82. The first-order chi connectivity index (χ1) is 9.93. The Labute approximate surface area is 130 Å². The maximum Gasteiger partial charge on any atom is 0.340 e. The Morgan fingerprint density at radius 2 is 2.05 bits per heavy atom. The summed E-state index contributed by atoms with van der Waals surface area (Å²) in [5.74, 6) is -1.42. The van der Waals surface area contributed by atoms with Gasteiger partial charge in [-0.25, -0.2) is 4.79 Å². The minimum absolute atomic E-state index is 0.0482. The van der Waals surface area contributed by atoms with E-state index in [9.17, 15) is 9.59 Å². The molecular weight excluding hydrogens is 308 g/mol. The predicted octanol–water partition coefficient (Wildman–Crippen LogP) is 3.43. The van der Waals surface area contributed by atoms with Crippen LogP contribution in [0.1, 0.15) is 32.0 Å². The number of nitrogens with zero attached hydrogens (tertiary/aromatic N) is 1. The normalized spacial score (nSPS) is 10.4. The van der Waals surface area contributed by atoms with E-state index < -0.39 is 5.97 Å². The predicted molar refractivity (Wildman–Crippen MR) is 84.7 cm³/mol. The van der Waals surface area contributed by atoms with Gasteiger partial charge in [0.2, 0.25) is 0 Å². The van der Waals surface area contributed by atoms with Crippen LogP contribution in [0.5, 0.6) is 0 Å². The SMILES string of the molecule is CSc1ccc(C)c(C(=O)Nc2snc(C)c2C(=O)O)c1. The van der Waals surface area contributed by atoms with Crippen molar-refractivity contribution in [1.82, 2.24) is 4.37 Å².